The number of carbonyl (C=O) groups is 2. The van der Waals surface area contributed by atoms with Crippen LogP contribution in [0.15, 0.2) is 18.2 Å². The van der Waals surface area contributed by atoms with Crippen molar-refractivity contribution in [1.82, 2.24) is 10.2 Å². The van der Waals surface area contributed by atoms with Gasteiger partial charge in [0, 0.05) is 31.4 Å². The molecule has 0 bridgehead atoms. The Morgan fingerprint density at radius 2 is 2.19 bits per heavy atom. The largest absolute Gasteiger partial charge is 0.385 e. The van der Waals surface area contributed by atoms with Gasteiger partial charge in [0.25, 0.3) is 5.91 Å². The molecule has 0 unspecified atom stereocenters. The summed E-state index contributed by atoms with van der Waals surface area (Å²) >= 11 is 0. The van der Waals surface area contributed by atoms with E-state index in [9.17, 15) is 9.59 Å². The molecule has 2 N–H and O–H groups in total. The third-order valence-corrected chi connectivity index (χ3v) is 3.72. The van der Waals surface area contributed by atoms with Gasteiger partial charge in [-0.2, -0.15) is 0 Å². The smallest absolute Gasteiger partial charge is 0.254 e. The van der Waals surface area contributed by atoms with Crippen molar-refractivity contribution in [1.29, 1.82) is 0 Å². The van der Waals surface area contributed by atoms with Crippen LogP contribution < -0.4 is 10.6 Å². The van der Waals surface area contributed by atoms with E-state index in [4.69, 9.17) is 0 Å². The number of nitrogens with one attached hydrogen (secondary N) is 2. The Balaban J connectivity index is 2.26. The normalized spacial score (nSPS) is 13.0. The first-order valence-corrected chi connectivity index (χ1v) is 7.53. The zero-order chi connectivity index (χ0) is 15.2. The third-order valence-electron chi connectivity index (χ3n) is 3.72. The summed E-state index contributed by atoms with van der Waals surface area (Å²) in [5.41, 5.74) is 2.84. The number of fused-ring (bicyclic) bond motifs is 1. The van der Waals surface area contributed by atoms with E-state index in [1.54, 1.807) is 11.9 Å². The summed E-state index contributed by atoms with van der Waals surface area (Å²) < 4.78 is 0. The molecule has 0 radical (unpaired) electrons. The number of rotatable bonds is 5. The second kappa shape index (κ2) is 7.11. The molecule has 5 heteroatoms. The fraction of sp³-hybridized carbons (Fsp3) is 0.500. The first kappa shape index (κ1) is 15.4. The van der Waals surface area contributed by atoms with Gasteiger partial charge in [0.1, 0.15) is 0 Å². The van der Waals surface area contributed by atoms with Crippen LogP contribution in [0.1, 0.15) is 35.7 Å². The Labute approximate surface area is 125 Å². The monoisotopic (exact) mass is 289 g/mol. The van der Waals surface area contributed by atoms with Gasteiger partial charge in [-0.25, -0.2) is 0 Å². The molecule has 1 aliphatic heterocycles. The zero-order valence-electron chi connectivity index (χ0n) is 12.7. The van der Waals surface area contributed by atoms with E-state index in [-0.39, 0.29) is 18.4 Å². The Hall–Kier alpha value is -2.04. The second-order valence-electron chi connectivity index (χ2n) is 5.26. The molecule has 0 aliphatic carbocycles. The molecule has 2 amide bonds. The minimum absolute atomic E-state index is 0.0546. The van der Waals surface area contributed by atoms with Crippen molar-refractivity contribution in [3.63, 3.8) is 0 Å². The number of hydrogen-bond donors (Lipinski definition) is 2. The maximum absolute atomic E-state index is 12.8. The standard InChI is InChI=1S/C16H23N3O2/c1-3-10-19(11-15(20)17-2)16(21)13-6-4-8-14-12(13)7-5-9-18-14/h4,6,8,18H,3,5,7,9-11H2,1-2H3,(H,17,20). The van der Waals surface area contributed by atoms with Gasteiger partial charge in [-0.15, -0.1) is 0 Å². The molecule has 1 aliphatic rings. The van der Waals surface area contributed by atoms with E-state index in [2.05, 4.69) is 10.6 Å². The van der Waals surface area contributed by atoms with Gasteiger partial charge in [-0.05, 0) is 37.0 Å². The Bertz CT molecular complexity index is 528. The van der Waals surface area contributed by atoms with Crippen LogP contribution in [0.2, 0.25) is 0 Å². The summed E-state index contributed by atoms with van der Waals surface area (Å²) in [4.78, 5) is 26.0. The summed E-state index contributed by atoms with van der Waals surface area (Å²) in [5, 5.41) is 5.91. The van der Waals surface area contributed by atoms with E-state index in [0.717, 1.165) is 42.6 Å². The van der Waals surface area contributed by atoms with Crippen molar-refractivity contribution in [3.8, 4) is 0 Å². The molecule has 0 atom stereocenters. The number of carbonyl (C=O) groups excluding carboxylic acids is 2. The molecule has 0 fully saturated rings. The highest BCUT2D eigenvalue weighted by Crippen LogP contribution is 2.26. The third kappa shape index (κ3) is 3.54. The minimum atomic E-state index is -0.139. The topological polar surface area (TPSA) is 61.4 Å². The molecule has 1 aromatic carbocycles. The van der Waals surface area contributed by atoms with Crippen molar-refractivity contribution >= 4 is 17.5 Å². The first-order chi connectivity index (χ1) is 10.2. The summed E-state index contributed by atoms with van der Waals surface area (Å²) in [7, 11) is 1.59. The molecule has 5 nitrogen and oxygen atoms in total. The Morgan fingerprint density at radius 1 is 1.38 bits per heavy atom. The molecule has 1 aromatic rings. The van der Waals surface area contributed by atoms with Crippen LogP contribution in [-0.2, 0) is 11.2 Å². The van der Waals surface area contributed by atoms with Gasteiger partial charge in [-0.1, -0.05) is 13.0 Å². The molecule has 0 aromatic heterocycles. The Kier molecular flexibility index (Phi) is 5.20. The SMILES string of the molecule is CCCN(CC(=O)NC)C(=O)c1cccc2c1CCCN2. The molecule has 0 spiro atoms. The van der Waals surface area contributed by atoms with Gasteiger partial charge in [-0.3, -0.25) is 9.59 Å². The minimum Gasteiger partial charge on any atom is -0.385 e. The Morgan fingerprint density at radius 3 is 2.90 bits per heavy atom. The summed E-state index contributed by atoms with van der Waals surface area (Å²) in [6, 6.07) is 5.77. The predicted molar refractivity (Wildman–Crippen MR) is 83.5 cm³/mol. The summed E-state index contributed by atoms with van der Waals surface area (Å²) in [5.74, 6) is -0.194. The molecular weight excluding hydrogens is 266 g/mol. The highest BCUT2D eigenvalue weighted by Gasteiger charge is 2.22. The van der Waals surface area contributed by atoms with Crippen molar-refractivity contribution in [3.05, 3.63) is 29.3 Å². The van der Waals surface area contributed by atoms with E-state index >= 15 is 0 Å². The fourth-order valence-corrected chi connectivity index (χ4v) is 2.66. The van der Waals surface area contributed by atoms with Crippen molar-refractivity contribution in [2.24, 2.45) is 0 Å². The lowest BCUT2D eigenvalue weighted by Gasteiger charge is -2.25. The predicted octanol–water partition coefficient (Wildman–Crippen LogP) is 1.64. The second-order valence-corrected chi connectivity index (χ2v) is 5.26. The number of amides is 2. The number of hydrogen-bond acceptors (Lipinski definition) is 3. The van der Waals surface area contributed by atoms with Crippen LogP contribution in [0.25, 0.3) is 0 Å². The quantitative estimate of drug-likeness (QED) is 0.866. The van der Waals surface area contributed by atoms with Crippen LogP contribution >= 0.6 is 0 Å². The molecule has 2 rings (SSSR count). The lowest BCUT2D eigenvalue weighted by Crippen LogP contribution is -2.40. The maximum atomic E-state index is 12.8. The molecule has 114 valence electrons. The molecular formula is C16H23N3O2. The molecule has 21 heavy (non-hydrogen) atoms. The molecule has 1 heterocycles. The van der Waals surface area contributed by atoms with E-state index in [1.165, 1.54) is 0 Å². The fourth-order valence-electron chi connectivity index (χ4n) is 2.66. The molecule has 0 saturated heterocycles. The average Bonchev–Trinajstić information content (AvgIpc) is 2.53. The average molecular weight is 289 g/mol. The van der Waals surface area contributed by atoms with Gasteiger partial charge >= 0.3 is 0 Å². The lowest BCUT2D eigenvalue weighted by atomic mass is 9.96. The van der Waals surface area contributed by atoms with Crippen molar-refractivity contribution in [2.45, 2.75) is 26.2 Å². The van der Waals surface area contributed by atoms with Crippen molar-refractivity contribution in [2.75, 3.05) is 32.0 Å². The summed E-state index contributed by atoms with van der Waals surface area (Å²) in [6.07, 6.45) is 2.76. The van der Waals surface area contributed by atoms with Crippen LogP contribution in [0.3, 0.4) is 0 Å². The van der Waals surface area contributed by atoms with Gasteiger partial charge < -0.3 is 15.5 Å². The maximum Gasteiger partial charge on any atom is 0.254 e. The zero-order valence-corrected chi connectivity index (χ0v) is 12.7. The van der Waals surface area contributed by atoms with Crippen LogP contribution in [-0.4, -0.2) is 43.4 Å². The first-order valence-electron chi connectivity index (χ1n) is 7.53. The lowest BCUT2D eigenvalue weighted by molar-refractivity contribution is -0.121. The van der Waals surface area contributed by atoms with Gasteiger partial charge in [0.05, 0.1) is 6.54 Å². The van der Waals surface area contributed by atoms with Crippen molar-refractivity contribution < 1.29 is 9.59 Å². The van der Waals surface area contributed by atoms with E-state index in [0.29, 0.717) is 6.54 Å². The molecule has 0 saturated carbocycles. The van der Waals surface area contributed by atoms with E-state index < -0.39 is 0 Å². The number of likely N-dealkylation sites (N-methyl/N-ethyl adjacent to an activating group) is 1. The van der Waals surface area contributed by atoms with E-state index in [1.807, 2.05) is 25.1 Å². The number of nitrogens with zero attached hydrogens (tertiary/aromatic N) is 1. The van der Waals surface area contributed by atoms with Crippen LogP contribution in [0.5, 0.6) is 0 Å². The highest BCUT2D eigenvalue weighted by atomic mass is 16.2. The summed E-state index contributed by atoms with van der Waals surface area (Å²) in [6.45, 7) is 3.65. The van der Waals surface area contributed by atoms with Crippen LogP contribution in [0.4, 0.5) is 5.69 Å². The van der Waals surface area contributed by atoms with Crippen LogP contribution in [0, 0.1) is 0 Å². The van der Waals surface area contributed by atoms with Gasteiger partial charge in [0.2, 0.25) is 5.91 Å². The number of benzene rings is 1. The number of anilines is 1. The highest BCUT2D eigenvalue weighted by molar-refractivity contribution is 5.99. The van der Waals surface area contributed by atoms with Gasteiger partial charge in [0.15, 0.2) is 0 Å².